The van der Waals surface area contributed by atoms with E-state index in [1.165, 1.54) is 0 Å². The van der Waals surface area contributed by atoms with Crippen molar-refractivity contribution in [2.75, 3.05) is 12.9 Å². The van der Waals surface area contributed by atoms with Crippen LogP contribution in [0.4, 0.5) is 5.69 Å². The second-order valence-electron chi connectivity index (χ2n) is 4.06. The topological polar surface area (TPSA) is 41.8 Å². The van der Waals surface area contributed by atoms with E-state index in [4.69, 9.17) is 4.74 Å². The van der Waals surface area contributed by atoms with Crippen LogP contribution >= 0.6 is 11.8 Å². The molecular weight excluding hydrogens is 270 g/mol. The Morgan fingerprint density at radius 3 is 2.75 bits per heavy atom. The summed E-state index contributed by atoms with van der Waals surface area (Å²) in [6, 6.07) is 13.3. The molecule has 0 atom stereocenters. The maximum absolute atomic E-state index is 10.1. The van der Waals surface area contributed by atoms with Crippen LogP contribution in [0.1, 0.15) is 12.5 Å². The number of phenols is 1. The zero-order chi connectivity index (χ0) is 14.4. The number of hydrogen-bond acceptors (Lipinski definition) is 4. The second kappa shape index (κ2) is 7.01. The van der Waals surface area contributed by atoms with Gasteiger partial charge in [0.05, 0.1) is 12.3 Å². The number of hydrogen-bond donors (Lipinski definition) is 1. The molecule has 0 radical (unpaired) electrons. The van der Waals surface area contributed by atoms with Crippen molar-refractivity contribution in [1.82, 2.24) is 0 Å². The summed E-state index contributed by atoms with van der Waals surface area (Å²) in [6.07, 6.45) is 3.68. The minimum Gasteiger partial charge on any atom is -0.504 e. The van der Waals surface area contributed by atoms with Crippen LogP contribution in [0.25, 0.3) is 0 Å². The van der Waals surface area contributed by atoms with E-state index in [2.05, 4.69) is 4.99 Å². The number of nitrogens with zero attached hydrogens (tertiary/aromatic N) is 1. The summed E-state index contributed by atoms with van der Waals surface area (Å²) in [4.78, 5) is 5.55. The molecule has 0 unspecified atom stereocenters. The first-order valence-electron chi connectivity index (χ1n) is 6.38. The Morgan fingerprint density at radius 1 is 1.20 bits per heavy atom. The average molecular weight is 287 g/mol. The highest BCUT2D eigenvalue weighted by Gasteiger charge is 2.06. The van der Waals surface area contributed by atoms with Crippen molar-refractivity contribution < 1.29 is 9.84 Å². The first kappa shape index (κ1) is 14.5. The number of rotatable bonds is 5. The molecule has 0 bridgehead atoms. The molecule has 20 heavy (non-hydrogen) atoms. The Balaban J connectivity index is 2.29. The fraction of sp³-hybridized carbons (Fsp3) is 0.188. The van der Waals surface area contributed by atoms with Crippen LogP contribution < -0.4 is 4.74 Å². The van der Waals surface area contributed by atoms with Crippen LogP contribution in [0.2, 0.25) is 0 Å². The standard InChI is InChI=1S/C16H17NO2S/c1-3-19-14-9-6-7-12(16(14)18)11-17-13-8-4-5-10-15(13)20-2/h4-11,18H,3H2,1-2H3. The molecule has 0 spiro atoms. The molecule has 1 N–H and O–H groups in total. The Bertz CT molecular complexity index is 611. The maximum Gasteiger partial charge on any atom is 0.166 e. The van der Waals surface area contributed by atoms with E-state index in [9.17, 15) is 5.11 Å². The van der Waals surface area contributed by atoms with Crippen molar-refractivity contribution in [1.29, 1.82) is 0 Å². The summed E-state index contributed by atoms with van der Waals surface area (Å²) < 4.78 is 5.36. The van der Waals surface area contributed by atoms with Gasteiger partial charge in [-0.3, -0.25) is 4.99 Å². The van der Waals surface area contributed by atoms with Gasteiger partial charge in [0.1, 0.15) is 0 Å². The summed E-state index contributed by atoms with van der Waals surface area (Å²) in [5.74, 6) is 0.606. The fourth-order valence-electron chi connectivity index (χ4n) is 1.79. The lowest BCUT2D eigenvalue weighted by Crippen LogP contribution is -1.93. The van der Waals surface area contributed by atoms with Crippen LogP contribution in [-0.2, 0) is 0 Å². The van der Waals surface area contributed by atoms with E-state index in [0.717, 1.165) is 10.6 Å². The van der Waals surface area contributed by atoms with Crippen molar-refractivity contribution in [3.05, 3.63) is 48.0 Å². The van der Waals surface area contributed by atoms with Gasteiger partial charge in [0, 0.05) is 16.7 Å². The van der Waals surface area contributed by atoms with Gasteiger partial charge in [0.2, 0.25) is 0 Å². The molecule has 4 heteroatoms. The SMILES string of the molecule is CCOc1cccc(C=Nc2ccccc2SC)c1O. The summed E-state index contributed by atoms with van der Waals surface area (Å²) in [6.45, 7) is 2.40. The van der Waals surface area contributed by atoms with Crippen LogP contribution in [0.5, 0.6) is 11.5 Å². The Morgan fingerprint density at radius 2 is 2.00 bits per heavy atom. The lowest BCUT2D eigenvalue weighted by molar-refractivity contribution is 0.318. The number of thioether (sulfide) groups is 1. The number of para-hydroxylation sites is 2. The average Bonchev–Trinajstić information content (AvgIpc) is 2.48. The lowest BCUT2D eigenvalue weighted by atomic mass is 10.2. The van der Waals surface area contributed by atoms with Gasteiger partial charge in [-0.15, -0.1) is 11.8 Å². The Hall–Kier alpha value is -1.94. The van der Waals surface area contributed by atoms with Crippen molar-refractivity contribution in [2.45, 2.75) is 11.8 Å². The molecule has 3 nitrogen and oxygen atoms in total. The fourth-order valence-corrected chi connectivity index (χ4v) is 2.34. The van der Waals surface area contributed by atoms with Gasteiger partial charge in [-0.2, -0.15) is 0 Å². The van der Waals surface area contributed by atoms with Crippen LogP contribution in [-0.4, -0.2) is 24.2 Å². The van der Waals surface area contributed by atoms with E-state index in [1.54, 1.807) is 24.0 Å². The highest BCUT2D eigenvalue weighted by atomic mass is 32.2. The molecule has 0 saturated carbocycles. The van der Waals surface area contributed by atoms with E-state index < -0.39 is 0 Å². The molecule has 0 heterocycles. The van der Waals surface area contributed by atoms with Gasteiger partial charge in [0.25, 0.3) is 0 Å². The van der Waals surface area contributed by atoms with Crippen molar-refractivity contribution in [3.8, 4) is 11.5 Å². The molecule has 0 aliphatic rings. The van der Waals surface area contributed by atoms with Crippen LogP contribution in [0, 0.1) is 0 Å². The number of phenolic OH excluding ortho intramolecular Hbond substituents is 1. The highest BCUT2D eigenvalue weighted by Crippen LogP contribution is 2.30. The number of aliphatic imine (C=N–C) groups is 1. The van der Waals surface area contributed by atoms with E-state index in [1.807, 2.05) is 49.6 Å². The smallest absolute Gasteiger partial charge is 0.166 e. The van der Waals surface area contributed by atoms with Gasteiger partial charge in [-0.1, -0.05) is 18.2 Å². The van der Waals surface area contributed by atoms with E-state index in [0.29, 0.717) is 17.9 Å². The minimum atomic E-state index is 0.125. The molecule has 2 aromatic carbocycles. The molecule has 0 fully saturated rings. The molecule has 0 saturated heterocycles. The van der Waals surface area contributed by atoms with Gasteiger partial charge in [-0.05, 0) is 37.4 Å². The summed E-state index contributed by atoms with van der Waals surface area (Å²) in [5.41, 5.74) is 1.54. The summed E-state index contributed by atoms with van der Waals surface area (Å²) in [7, 11) is 0. The molecule has 104 valence electrons. The van der Waals surface area contributed by atoms with Gasteiger partial charge < -0.3 is 9.84 Å². The first-order valence-corrected chi connectivity index (χ1v) is 7.60. The largest absolute Gasteiger partial charge is 0.504 e. The number of ether oxygens (including phenoxy) is 1. The van der Waals surface area contributed by atoms with Gasteiger partial charge in [-0.25, -0.2) is 0 Å². The zero-order valence-corrected chi connectivity index (χ0v) is 12.4. The van der Waals surface area contributed by atoms with Crippen molar-refractivity contribution in [3.63, 3.8) is 0 Å². The quantitative estimate of drug-likeness (QED) is 0.660. The van der Waals surface area contributed by atoms with Crippen molar-refractivity contribution in [2.24, 2.45) is 4.99 Å². The zero-order valence-electron chi connectivity index (χ0n) is 11.5. The van der Waals surface area contributed by atoms with Gasteiger partial charge >= 0.3 is 0 Å². The first-order chi connectivity index (χ1) is 9.76. The summed E-state index contributed by atoms with van der Waals surface area (Å²) in [5, 5.41) is 10.1. The normalized spacial score (nSPS) is 10.9. The molecule has 0 aliphatic heterocycles. The number of benzene rings is 2. The van der Waals surface area contributed by atoms with Crippen molar-refractivity contribution >= 4 is 23.7 Å². The summed E-state index contributed by atoms with van der Waals surface area (Å²) >= 11 is 1.65. The third-order valence-electron chi connectivity index (χ3n) is 2.76. The maximum atomic E-state index is 10.1. The predicted octanol–water partition coefficient (Wildman–Crippen LogP) is 4.26. The molecule has 2 rings (SSSR count). The molecular formula is C16H17NO2S. The Labute approximate surface area is 123 Å². The second-order valence-corrected chi connectivity index (χ2v) is 4.91. The molecule has 0 aliphatic carbocycles. The van der Waals surface area contributed by atoms with Gasteiger partial charge in [0.15, 0.2) is 11.5 Å². The van der Waals surface area contributed by atoms with E-state index in [-0.39, 0.29) is 5.75 Å². The molecule has 2 aromatic rings. The molecule has 0 aromatic heterocycles. The minimum absolute atomic E-state index is 0.125. The molecule has 0 amide bonds. The predicted molar refractivity (Wildman–Crippen MR) is 84.8 cm³/mol. The van der Waals surface area contributed by atoms with Crippen LogP contribution in [0.15, 0.2) is 52.4 Å². The lowest BCUT2D eigenvalue weighted by Gasteiger charge is -2.07. The Kier molecular flexibility index (Phi) is 5.07. The third kappa shape index (κ3) is 3.33. The number of aromatic hydroxyl groups is 1. The van der Waals surface area contributed by atoms with E-state index >= 15 is 0 Å². The highest BCUT2D eigenvalue weighted by molar-refractivity contribution is 7.98. The monoisotopic (exact) mass is 287 g/mol. The third-order valence-corrected chi connectivity index (χ3v) is 3.54. The van der Waals surface area contributed by atoms with Crippen LogP contribution in [0.3, 0.4) is 0 Å².